The molecule has 5 rings (SSSR count). The second-order valence-electron chi connectivity index (χ2n) is 8.80. The molecule has 0 spiro atoms. The van der Waals surface area contributed by atoms with Gasteiger partial charge in [0, 0.05) is 12.1 Å². The molecule has 0 saturated carbocycles. The molecule has 1 aliphatic rings. The summed E-state index contributed by atoms with van der Waals surface area (Å²) in [5.74, 6) is -0.778. The zero-order valence-corrected chi connectivity index (χ0v) is 20.5. The molecular formula is C27H25F3N2O3S. The fourth-order valence-corrected chi connectivity index (χ4v) is 4.84. The Morgan fingerprint density at radius 3 is 2.53 bits per heavy atom. The van der Waals surface area contributed by atoms with Crippen LogP contribution >= 0.6 is 13.5 Å². The summed E-state index contributed by atoms with van der Waals surface area (Å²) in [5, 5.41) is 9.43. The molecule has 36 heavy (non-hydrogen) atoms. The number of hydrogen-bond acceptors (Lipinski definition) is 4. The lowest BCUT2D eigenvalue weighted by Crippen LogP contribution is -2.35. The maximum Gasteiger partial charge on any atom is 0.416 e. The number of alkyl halides is 3. The van der Waals surface area contributed by atoms with Gasteiger partial charge >= 0.3 is 12.1 Å². The third-order valence-corrected chi connectivity index (χ3v) is 6.59. The zero-order valence-electron chi connectivity index (χ0n) is 19.5. The molecule has 9 heteroatoms. The zero-order chi connectivity index (χ0) is 24.7. The molecule has 0 unspecified atom stereocenters. The highest BCUT2D eigenvalue weighted by Gasteiger charge is 2.37. The predicted molar refractivity (Wildman–Crippen MR) is 136 cm³/mol. The van der Waals surface area contributed by atoms with E-state index in [1.165, 1.54) is 6.07 Å². The monoisotopic (exact) mass is 514 g/mol. The van der Waals surface area contributed by atoms with Crippen molar-refractivity contribution in [3.8, 4) is 22.6 Å². The normalized spacial score (nSPS) is 16.3. The summed E-state index contributed by atoms with van der Waals surface area (Å²) in [6.07, 6.45) is -3.56. The minimum absolute atomic E-state index is 0. The van der Waals surface area contributed by atoms with Gasteiger partial charge in [0.25, 0.3) is 0 Å². The Kier molecular flexibility index (Phi) is 7.15. The van der Waals surface area contributed by atoms with E-state index in [1.807, 2.05) is 55.5 Å². The lowest BCUT2D eigenvalue weighted by Gasteiger charge is -2.23. The van der Waals surface area contributed by atoms with Crippen molar-refractivity contribution in [3.63, 3.8) is 0 Å². The molecule has 1 aliphatic heterocycles. The molecule has 1 atom stereocenters. The van der Waals surface area contributed by atoms with Crippen LogP contribution in [-0.4, -0.2) is 33.5 Å². The van der Waals surface area contributed by atoms with Crippen molar-refractivity contribution in [2.24, 2.45) is 0 Å². The van der Waals surface area contributed by atoms with Gasteiger partial charge in [-0.15, -0.1) is 0 Å². The summed E-state index contributed by atoms with van der Waals surface area (Å²) >= 11 is 0. The average Bonchev–Trinajstić information content (AvgIpc) is 3.45. The van der Waals surface area contributed by atoms with E-state index >= 15 is 0 Å². The maximum atomic E-state index is 13.9. The van der Waals surface area contributed by atoms with Gasteiger partial charge in [-0.2, -0.15) is 26.7 Å². The van der Waals surface area contributed by atoms with Crippen molar-refractivity contribution in [1.29, 1.82) is 0 Å². The van der Waals surface area contributed by atoms with Crippen LogP contribution in [0.3, 0.4) is 0 Å². The Morgan fingerprint density at radius 1 is 1.11 bits per heavy atom. The Labute approximate surface area is 213 Å². The van der Waals surface area contributed by atoms with Crippen LogP contribution in [0.5, 0.6) is 0 Å². The molecule has 4 aromatic rings. The number of rotatable bonds is 5. The summed E-state index contributed by atoms with van der Waals surface area (Å²) in [4.78, 5) is 17.6. The Hall–Kier alpha value is -3.30. The number of aliphatic carboxylic acids is 1. The molecule has 188 valence electrons. The first-order valence-corrected chi connectivity index (χ1v) is 11.4. The van der Waals surface area contributed by atoms with Crippen LogP contribution in [0.4, 0.5) is 13.2 Å². The first-order chi connectivity index (χ1) is 16.7. The van der Waals surface area contributed by atoms with E-state index in [4.69, 9.17) is 4.42 Å². The van der Waals surface area contributed by atoms with Crippen molar-refractivity contribution in [2.45, 2.75) is 38.5 Å². The number of fused-ring (bicyclic) bond motifs is 1. The summed E-state index contributed by atoms with van der Waals surface area (Å²) < 4.78 is 47.7. The van der Waals surface area contributed by atoms with Crippen molar-refractivity contribution in [3.05, 3.63) is 77.4 Å². The third-order valence-electron chi connectivity index (χ3n) is 6.59. The topological polar surface area (TPSA) is 66.6 Å². The molecule has 1 N–H and O–H groups in total. The van der Waals surface area contributed by atoms with E-state index < -0.39 is 23.8 Å². The van der Waals surface area contributed by atoms with Gasteiger partial charge in [0.2, 0.25) is 5.89 Å². The first-order valence-electron chi connectivity index (χ1n) is 11.4. The highest BCUT2D eigenvalue weighted by Crippen LogP contribution is 2.38. The number of halogens is 3. The van der Waals surface area contributed by atoms with Gasteiger partial charge in [0.15, 0.2) is 5.58 Å². The Bertz CT molecular complexity index is 1400. The molecule has 1 saturated heterocycles. The number of benzene rings is 3. The average molecular weight is 515 g/mol. The van der Waals surface area contributed by atoms with Gasteiger partial charge in [-0.3, -0.25) is 9.69 Å². The van der Waals surface area contributed by atoms with Gasteiger partial charge < -0.3 is 9.52 Å². The van der Waals surface area contributed by atoms with Gasteiger partial charge in [0.1, 0.15) is 11.6 Å². The minimum atomic E-state index is -4.61. The van der Waals surface area contributed by atoms with Crippen LogP contribution in [0.25, 0.3) is 33.7 Å². The lowest BCUT2D eigenvalue weighted by molar-refractivity contribution is -0.142. The molecule has 0 bridgehead atoms. The summed E-state index contributed by atoms with van der Waals surface area (Å²) in [6.45, 7) is 2.24. The number of likely N-dealkylation sites (tertiary alicyclic amines) is 1. The second kappa shape index (κ2) is 9.99. The Morgan fingerprint density at radius 2 is 1.83 bits per heavy atom. The molecule has 0 aliphatic carbocycles. The molecule has 5 nitrogen and oxygen atoms in total. The largest absolute Gasteiger partial charge is 0.480 e. The van der Waals surface area contributed by atoms with E-state index in [0.29, 0.717) is 30.5 Å². The van der Waals surface area contributed by atoms with E-state index in [0.717, 1.165) is 22.8 Å². The summed E-state index contributed by atoms with van der Waals surface area (Å²) in [7, 11) is 0. The molecular weight excluding hydrogens is 489 g/mol. The molecule has 3 aromatic carbocycles. The van der Waals surface area contributed by atoms with Crippen LogP contribution in [0.15, 0.2) is 65.1 Å². The smallest absolute Gasteiger partial charge is 0.416 e. The van der Waals surface area contributed by atoms with E-state index in [9.17, 15) is 23.1 Å². The van der Waals surface area contributed by atoms with Gasteiger partial charge in [-0.25, -0.2) is 4.98 Å². The Balaban J connectivity index is 0.00000304. The van der Waals surface area contributed by atoms with E-state index in [2.05, 4.69) is 4.98 Å². The van der Waals surface area contributed by atoms with Crippen molar-refractivity contribution in [1.82, 2.24) is 9.88 Å². The van der Waals surface area contributed by atoms with Crippen LogP contribution in [0.2, 0.25) is 0 Å². The fourth-order valence-electron chi connectivity index (χ4n) is 4.84. The summed E-state index contributed by atoms with van der Waals surface area (Å²) in [6, 6.07) is 17.0. The van der Waals surface area contributed by atoms with Crippen molar-refractivity contribution in [2.75, 3.05) is 6.54 Å². The number of hydrogen-bond donors (Lipinski definition) is 1. The molecule has 2 heterocycles. The van der Waals surface area contributed by atoms with Crippen molar-refractivity contribution >= 4 is 30.6 Å². The van der Waals surface area contributed by atoms with E-state index in [1.54, 1.807) is 4.90 Å². The highest BCUT2D eigenvalue weighted by atomic mass is 32.1. The van der Waals surface area contributed by atoms with Crippen LogP contribution in [-0.2, 0) is 17.5 Å². The van der Waals surface area contributed by atoms with Crippen LogP contribution < -0.4 is 0 Å². The molecule has 0 amide bonds. The third kappa shape index (κ3) is 4.85. The van der Waals surface area contributed by atoms with Gasteiger partial charge in [-0.05, 0) is 66.8 Å². The standard InChI is InChI=1S/C27H23F3N2O3.H2S/c1-16-19(17-7-3-2-4-8-17)9-5-10-20(16)25-31-22-13-18(15-32-12-6-11-23(32)26(33)34)21(27(28,29)30)14-24(22)35-25;/h2-5,7-10,13-14,23H,6,11-12,15H2,1H3,(H,33,34);1H2/t23-;/m0./s1. The number of carboxylic acid groups (broad SMARTS) is 1. The summed E-state index contributed by atoms with van der Waals surface area (Å²) in [5.41, 5.74) is 3.10. The first kappa shape index (κ1) is 25.8. The minimum Gasteiger partial charge on any atom is -0.480 e. The number of aromatic nitrogens is 1. The predicted octanol–water partition coefficient (Wildman–Crippen LogP) is 6.65. The quantitative estimate of drug-likeness (QED) is 0.323. The number of oxazole rings is 1. The number of nitrogens with zero attached hydrogens (tertiary/aromatic N) is 2. The van der Waals surface area contributed by atoms with E-state index in [-0.39, 0.29) is 37.1 Å². The van der Waals surface area contributed by atoms with Crippen LogP contribution in [0.1, 0.15) is 29.5 Å². The van der Waals surface area contributed by atoms with Gasteiger partial charge in [-0.1, -0.05) is 42.5 Å². The maximum absolute atomic E-state index is 13.9. The van der Waals surface area contributed by atoms with Crippen LogP contribution in [0, 0.1) is 6.92 Å². The molecule has 0 radical (unpaired) electrons. The lowest BCUT2D eigenvalue weighted by atomic mass is 9.96. The molecule has 1 aromatic heterocycles. The van der Waals surface area contributed by atoms with Crippen molar-refractivity contribution < 1.29 is 27.5 Å². The second-order valence-corrected chi connectivity index (χ2v) is 8.80. The number of carboxylic acids is 1. The SMILES string of the molecule is Cc1c(-c2ccccc2)cccc1-c1nc2cc(CN3CCC[C@H]3C(=O)O)c(C(F)(F)F)cc2o1.S. The molecule has 1 fully saturated rings. The number of carbonyl (C=O) groups is 1. The van der Waals surface area contributed by atoms with Gasteiger partial charge in [0.05, 0.1) is 5.56 Å². The fraction of sp³-hybridized carbons (Fsp3) is 0.259. The highest BCUT2D eigenvalue weighted by molar-refractivity contribution is 7.59.